The van der Waals surface area contributed by atoms with Crippen molar-refractivity contribution in [3.05, 3.63) is 83.4 Å². The first kappa shape index (κ1) is 28.6. The minimum absolute atomic E-state index is 0.0162. The van der Waals surface area contributed by atoms with Crippen molar-refractivity contribution in [3.63, 3.8) is 0 Å². The zero-order valence-corrected chi connectivity index (χ0v) is 23.0. The summed E-state index contributed by atoms with van der Waals surface area (Å²) in [6, 6.07) is 20.8. The van der Waals surface area contributed by atoms with E-state index in [-0.39, 0.29) is 23.5 Å². The monoisotopic (exact) mass is 536 g/mol. The number of hydrogen-bond acceptors (Lipinski definition) is 3. The Hall–Kier alpha value is -3.41. The average molecular weight is 537 g/mol. The second-order valence-electron chi connectivity index (χ2n) is 11.4. The van der Waals surface area contributed by atoms with Crippen LogP contribution in [0.3, 0.4) is 0 Å². The molecular weight excluding hydrogens is 498 g/mol. The summed E-state index contributed by atoms with van der Waals surface area (Å²) in [7, 11) is 0. The Morgan fingerprint density at radius 1 is 1.03 bits per heavy atom. The standard InChI is InChI=1S/C33H38F2O4/c1-4-15-33(2,3)20-26-16-22(11-14-29(26)24-7-6-10-28(18-24)39-32(34)35)21-38-27-9-5-8-25(17-27)30(19-31(36)37)23-12-13-23/h5-11,14,16-18,23,30,32H,4,12-13,15,19-21H2,1-3H3,(H,36,37). The smallest absolute Gasteiger partial charge is 0.387 e. The van der Waals surface area contributed by atoms with Gasteiger partial charge in [0.15, 0.2) is 0 Å². The van der Waals surface area contributed by atoms with Crippen LogP contribution in [-0.4, -0.2) is 17.7 Å². The minimum Gasteiger partial charge on any atom is -0.489 e. The second-order valence-corrected chi connectivity index (χ2v) is 11.4. The molecule has 0 heterocycles. The molecule has 1 aliphatic rings. The lowest BCUT2D eigenvalue weighted by Gasteiger charge is -2.26. The number of benzene rings is 3. The highest BCUT2D eigenvalue weighted by Crippen LogP contribution is 2.45. The Bertz CT molecular complexity index is 1270. The van der Waals surface area contributed by atoms with Gasteiger partial charge < -0.3 is 14.6 Å². The molecule has 3 aromatic carbocycles. The van der Waals surface area contributed by atoms with Gasteiger partial charge in [-0.1, -0.05) is 69.7 Å². The maximum Gasteiger partial charge on any atom is 0.387 e. The Balaban J connectivity index is 1.57. The molecule has 0 spiro atoms. The summed E-state index contributed by atoms with van der Waals surface area (Å²) >= 11 is 0. The van der Waals surface area contributed by atoms with Crippen LogP contribution in [0.1, 0.15) is 75.5 Å². The van der Waals surface area contributed by atoms with E-state index in [9.17, 15) is 18.7 Å². The van der Waals surface area contributed by atoms with Gasteiger partial charge in [-0.25, -0.2) is 0 Å². The van der Waals surface area contributed by atoms with Crippen molar-refractivity contribution in [3.8, 4) is 22.6 Å². The van der Waals surface area contributed by atoms with Crippen molar-refractivity contribution in [1.29, 1.82) is 0 Å². The zero-order chi connectivity index (χ0) is 28.0. The van der Waals surface area contributed by atoms with Crippen molar-refractivity contribution in [2.24, 2.45) is 11.3 Å². The van der Waals surface area contributed by atoms with Crippen LogP contribution in [0.2, 0.25) is 0 Å². The number of carbonyl (C=O) groups is 1. The van der Waals surface area contributed by atoms with Gasteiger partial charge in [-0.3, -0.25) is 4.79 Å². The van der Waals surface area contributed by atoms with Gasteiger partial charge >= 0.3 is 12.6 Å². The van der Waals surface area contributed by atoms with Crippen molar-refractivity contribution < 1.29 is 28.2 Å². The van der Waals surface area contributed by atoms with E-state index < -0.39 is 12.6 Å². The SMILES string of the molecule is CCCC(C)(C)Cc1cc(COc2cccc(C(CC(=O)O)C3CC3)c2)ccc1-c1cccc(OC(F)F)c1. The van der Waals surface area contributed by atoms with Crippen LogP contribution < -0.4 is 9.47 Å². The molecule has 0 aromatic heterocycles. The molecule has 4 nitrogen and oxygen atoms in total. The number of carboxylic acid groups (broad SMARTS) is 1. The largest absolute Gasteiger partial charge is 0.489 e. The Morgan fingerprint density at radius 2 is 1.77 bits per heavy atom. The topological polar surface area (TPSA) is 55.8 Å². The van der Waals surface area contributed by atoms with E-state index in [0.29, 0.717) is 12.5 Å². The van der Waals surface area contributed by atoms with Gasteiger partial charge in [-0.05, 0) is 95.0 Å². The van der Waals surface area contributed by atoms with E-state index in [1.807, 2.05) is 42.5 Å². The number of ether oxygens (including phenoxy) is 2. The predicted molar refractivity (Wildman–Crippen MR) is 149 cm³/mol. The van der Waals surface area contributed by atoms with Gasteiger partial charge in [0.1, 0.15) is 18.1 Å². The first-order valence-electron chi connectivity index (χ1n) is 13.7. The third-order valence-electron chi connectivity index (χ3n) is 7.41. The number of alkyl halides is 2. The van der Waals surface area contributed by atoms with Crippen LogP contribution in [0.25, 0.3) is 11.1 Å². The maximum absolute atomic E-state index is 12.8. The van der Waals surface area contributed by atoms with Gasteiger partial charge in [0.25, 0.3) is 0 Å². The molecule has 1 aliphatic carbocycles. The Kier molecular flexibility index (Phi) is 9.26. The van der Waals surface area contributed by atoms with Crippen molar-refractivity contribution in [2.75, 3.05) is 0 Å². The van der Waals surface area contributed by atoms with Crippen LogP contribution in [0.5, 0.6) is 11.5 Å². The fraction of sp³-hybridized carbons (Fsp3) is 0.424. The van der Waals surface area contributed by atoms with Gasteiger partial charge in [-0.15, -0.1) is 0 Å². The van der Waals surface area contributed by atoms with E-state index in [0.717, 1.165) is 65.7 Å². The molecule has 6 heteroatoms. The van der Waals surface area contributed by atoms with Crippen LogP contribution in [0.4, 0.5) is 8.78 Å². The second kappa shape index (κ2) is 12.6. The van der Waals surface area contributed by atoms with Crippen LogP contribution in [0.15, 0.2) is 66.7 Å². The molecule has 4 rings (SSSR count). The predicted octanol–water partition coefficient (Wildman–Crippen LogP) is 8.87. The van der Waals surface area contributed by atoms with E-state index in [1.54, 1.807) is 12.1 Å². The molecule has 0 aliphatic heterocycles. The fourth-order valence-corrected chi connectivity index (χ4v) is 5.53. The molecule has 1 atom stereocenters. The highest BCUT2D eigenvalue weighted by molar-refractivity contribution is 5.69. The van der Waals surface area contributed by atoms with Crippen molar-refractivity contribution >= 4 is 5.97 Å². The number of carboxylic acids is 1. The van der Waals surface area contributed by atoms with Crippen LogP contribution in [0, 0.1) is 11.3 Å². The van der Waals surface area contributed by atoms with E-state index in [2.05, 4.69) is 31.6 Å². The highest BCUT2D eigenvalue weighted by atomic mass is 19.3. The normalized spacial score (nSPS) is 14.3. The zero-order valence-electron chi connectivity index (χ0n) is 23.0. The van der Waals surface area contributed by atoms with Gasteiger partial charge in [0, 0.05) is 0 Å². The minimum atomic E-state index is -2.87. The van der Waals surface area contributed by atoms with Crippen LogP contribution in [-0.2, 0) is 17.8 Å². The number of hydrogen-bond donors (Lipinski definition) is 1. The number of halogens is 2. The molecule has 3 aromatic rings. The maximum atomic E-state index is 12.8. The molecule has 1 N–H and O–H groups in total. The van der Waals surface area contributed by atoms with Crippen molar-refractivity contribution in [2.45, 2.75) is 78.4 Å². The van der Waals surface area contributed by atoms with Gasteiger partial charge in [0.2, 0.25) is 0 Å². The van der Waals surface area contributed by atoms with Gasteiger partial charge in [-0.2, -0.15) is 8.78 Å². The molecular formula is C33H38F2O4. The molecule has 39 heavy (non-hydrogen) atoms. The lowest BCUT2D eigenvalue weighted by molar-refractivity contribution is -0.137. The first-order valence-corrected chi connectivity index (χ1v) is 13.7. The molecule has 0 radical (unpaired) electrons. The highest BCUT2D eigenvalue weighted by Gasteiger charge is 2.33. The molecule has 0 amide bonds. The number of rotatable bonds is 14. The summed E-state index contributed by atoms with van der Waals surface area (Å²) in [4.78, 5) is 11.4. The molecule has 1 saturated carbocycles. The lowest BCUT2D eigenvalue weighted by Crippen LogP contribution is -2.15. The first-order chi connectivity index (χ1) is 18.6. The Morgan fingerprint density at radius 3 is 2.46 bits per heavy atom. The quantitative estimate of drug-likeness (QED) is 0.224. The fourth-order valence-electron chi connectivity index (χ4n) is 5.53. The van der Waals surface area contributed by atoms with Gasteiger partial charge in [0.05, 0.1) is 6.42 Å². The summed E-state index contributed by atoms with van der Waals surface area (Å²) < 4.78 is 36.5. The lowest BCUT2D eigenvalue weighted by atomic mass is 9.79. The van der Waals surface area contributed by atoms with E-state index >= 15 is 0 Å². The summed E-state index contributed by atoms with van der Waals surface area (Å²) in [5, 5.41) is 9.37. The summed E-state index contributed by atoms with van der Waals surface area (Å²) in [6.45, 7) is 4.17. The van der Waals surface area contributed by atoms with E-state index in [4.69, 9.17) is 4.74 Å². The third-order valence-corrected chi connectivity index (χ3v) is 7.41. The summed E-state index contributed by atoms with van der Waals surface area (Å²) in [5.74, 6) is 0.534. The molecule has 0 bridgehead atoms. The van der Waals surface area contributed by atoms with E-state index in [1.165, 1.54) is 6.07 Å². The Labute approximate surface area is 230 Å². The third kappa shape index (κ3) is 8.29. The summed E-state index contributed by atoms with van der Waals surface area (Å²) in [6.07, 6.45) is 5.25. The molecule has 208 valence electrons. The number of aliphatic carboxylic acids is 1. The van der Waals surface area contributed by atoms with Crippen LogP contribution >= 0.6 is 0 Å². The molecule has 0 saturated heterocycles. The molecule has 1 fully saturated rings. The average Bonchev–Trinajstić information content (AvgIpc) is 3.71. The van der Waals surface area contributed by atoms with Crippen molar-refractivity contribution in [1.82, 2.24) is 0 Å². The summed E-state index contributed by atoms with van der Waals surface area (Å²) in [5.41, 5.74) is 5.05. The molecule has 1 unspecified atom stereocenters.